The molecule has 49 heavy (non-hydrogen) atoms. The molecule has 0 aliphatic rings. The van der Waals surface area contributed by atoms with Crippen molar-refractivity contribution >= 4 is 60.0 Å². The Kier molecular flexibility index (Phi) is 6.60. The van der Waals surface area contributed by atoms with Crippen LogP contribution in [0.4, 0.5) is 0 Å². The van der Waals surface area contributed by atoms with E-state index in [1.54, 1.807) is 0 Å². The van der Waals surface area contributed by atoms with Crippen LogP contribution in [0.25, 0.3) is 93.7 Å². The molecular weight excluding hydrogens is 780 g/mol. The Bertz CT molecular complexity index is 2930. The molecule has 0 radical (unpaired) electrons. The summed E-state index contributed by atoms with van der Waals surface area (Å²) in [6, 6.07) is 40.9. The van der Waals surface area contributed by atoms with Crippen LogP contribution < -0.4 is 4.98 Å². The summed E-state index contributed by atoms with van der Waals surface area (Å²) in [5.74, 6) is 0. The molecular formula is C44H30N4Pt. The zero-order valence-electron chi connectivity index (χ0n) is 27.5. The number of hydrogen-bond acceptors (Lipinski definition) is 2. The van der Waals surface area contributed by atoms with Gasteiger partial charge in [0.1, 0.15) is 5.65 Å². The van der Waals surface area contributed by atoms with Crippen molar-refractivity contribution in [2.75, 3.05) is 0 Å². The fourth-order valence-corrected chi connectivity index (χ4v) is 7.96. The topological polar surface area (TPSA) is 44.3 Å². The van der Waals surface area contributed by atoms with Gasteiger partial charge < -0.3 is 9.38 Å². The molecule has 0 aliphatic heterocycles. The monoisotopic (exact) mass is 809 g/mol. The molecule has 5 heterocycles. The number of pyridine rings is 2. The third kappa shape index (κ3) is 4.33. The number of fused-ring (bicyclic) bond motifs is 9. The molecule has 5 aromatic carbocycles. The summed E-state index contributed by atoms with van der Waals surface area (Å²) in [6.07, 6.45) is 1.87. The van der Waals surface area contributed by atoms with Gasteiger partial charge in [0.15, 0.2) is 0 Å². The Morgan fingerprint density at radius 1 is 0.633 bits per heavy atom. The minimum atomic E-state index is 0. The molecule has 0 fully saturated rings. The van der Waals surface area contributed by atoms with Crippen LogP contribution in [-0.2, 0) is 21.1 Å². The van der Waals surface area contributed by atoms with Crippen LogP contribution in [0.15, 0.2) is 109 Å². The van der Waals surface area contributed by atoms with Gasteiger partial charge in [0.05, 0.1) is 11.2 Å². The standard InChI is InChI=1S/C44H30N4.Pt/c1-24-13-16-37-34(18-24)35-19-25(2)20-36(42(35)47-37)39-22-29(41-26(3)8-5-9-27(41)4)21-38(46-39)28-14-15-30-31-10-6-11-32-33-12-7-17-45-44(33)48(43(31)32)40(30)23-28;/h5-22H,1-4H3;/q-2;+2. The first kappa shape index (κ1) is 29.8. The third-order valence-corrected chi connectivity index (χ3v) is 10.1. The molecule has 5 aromatic heterocycles. The Labute approximate surface area is 298 Å². The van der Waals surface area contributed by atoms with E-state index in [1.165, 1.54) is 60.3 Å². The number of aryl methyl sites for hydroxylation is 4. The van der Waals surface area contributed by atoms with E-state index in [2.05, 4.69) is 135 Å². The largest absolute Gasteiger partial charge is 2.00 e. The maximum absolute atomic E-state index is 5.42. The Balaban J connectivity index is 0.00000325. The van der Waals surface area contributed by atoms with Crippen molar-refractivity contribution in [2.24, 2.45) is 0 Å². The SMILES string of the molecule is Cc1ccc2[n-]c3c(-c4cc(-c5c(C)cccc5C)cc(-c5[c-]c6c(cc5)c5cccc7c8cccnc8n6c57)n4)cc(C)cc3c2c1.[Pt+2]. The van der Waals surface area contributed by atoms with Gasteiger partial charge in [0.2, 0.25) is 0 Å². The number of aromatic nitrogens is 4. The van der Waals surface area contributed by atoms with Crippen LogP contribution in [0.5, 0.6) is 0 Å². The van der Waals surface area contributed by atoms with Crippen molar-refractivity contribution in [1.82, 2.24) is 19.4 Å². The van der Waals surface area contributed by atoms with Gasteiger partial charge in [-0.25, -0.2) is 4.98 Å². The summed E-state index contributed by atoms with van der Waals surface area (Å²) in [7, 11) is 0. The van der Waals surface area contributed by atoms with Gasteiger partial charge in [-0.05, 0) is 107 Å². The Hall–Kier alpha value is -5.31. The fraction of sp³-hybridized carbons (Fsp3) is 0.0909. The quantitative estimate of drug-likeness (QED) is 0.167. The number of para-hydroxylation sites is 1. The van der Waals surface area contributed by atoms with E-state index in [0.29, 0.717) is 0 Å². The smallest absolute Gasteiger partial charge is 0.656 e. The predicted octanol–water partition coefficient (Wildman–Crippen LogP) is 10.9. The molecule has 236 valence electrons. The van der Waals surface area contributed by atoms with Crippen molar-refractivity contribution in [3.05, 3.63) is 138 Å². The van der Waals surface area contributed by atoms with E-state index in [9.17, 15) is 0 Å². The van der Waals surface area contributed by atoms with Gasteiger partial charge in [-0.3, -0.25) is 4.98 Å². The summed E-state index contributed by atoms with van der Waals surface area (Å²) >= 11 is 0. The van der Waals surface area contributed by atoms with Crippen molar-refractivity contribution in [1.29, 1.82) is 0 Å². The van der Waals surface area contributed by atoms with Gasteiger partial charge in [-0.1, -0.05) is 83.7 Å². The van der Waals surface area contributed by atoms with E-state index >= 15 is 0 Å². The molecule has 0 amide bonds. The van der Waals surface area contributed by atoms with Crippen LogP contribution in [0.3, 0.4) is 0 Å². The molecule has 0 atom stereocenters. The van der Waals surface area contributed by atoms with Crippen LogP contribution in [0.1, 0.15) is 22.3 Å². The zero-order chi connectivity index (χ0) is 32.3. The number of hydrogen-bond donors (Lipinski definition) is 0. The second-order valence-corrected chi connectivity index (χ2v) is 13.3. The van der Waals surface area contributed by atoms with E-state index in [-0.39, 0.29) is 21.1 Å². The van der Waals surface area contributed by atoms with Crippen molar-refractivity contribution in [3.8, 4) is 33.6 Å². The number of rotatable bonds is 3. The van der Waals surface area contributed by atoms with Crippen molar-refractivity contribution in [3.63, 3.8) is 0 Å². The van der Waals surface area contributed by atoms with E-state index in [4.69, 9.17) is 15.0 Å². The summed E-state index contributed by atoms with van der Waals surface area (Å²) in [6.45, 7) is 8.68. The van der Waals surface area contributed by atoms with Crippen LogP contribution in [0.2, 0.25) is 0 Å². The van der Waals surface area contributed by atoms with Crippen LogP contribution >= 0.6 is 0 Å². The minimum Gasteiger partial charge on any atom is -0.656 e. The Morgan fingerprint density at radius 3 is 2.20 bits per heavy atom. The average Bonchev–Trinajstić information content (AvgIpc) is 3.74. The fourth-order valence-electron chi connectivity index (χ4n) is 7.96. The van der Waals surface area contributed by atoms with Crippen molar-refractivity contribution < 1.29 is 21.1 Å². The summed E-state index contributed by atoms with van der Waals surface area (Å²) in [5.41, 5.74) is 16.2. The van der Waals surface area contributed by atoms with Gasteiger partial charge in [0, 0.05) is 17.0 Å². The van der Waals surface area contributed by atoms with E-state index in [1.807, 2.05) is 12.3 Å². The first-order valence-corrected chi connectivity index (χ1v) is 16.4. The molecule has 0 unspecified atom stereocenters. The molecule has 0 bridgehead atoms. The average molecular weight is 810 g/mol. The molecule has 0 spiro atoms. The van der Waals surface area contributed by atoms with Crippen LogP contribution in [-0.4, -0.2) is 14.4 Å². The second kappa shape index (κ2) is 10.9. The van der Waals surface area contributed by atoms with Gasteiger partial charge in [-0.2, -0.15) is 0 Å². The molecule has 0 saturated heterocycles. The molecule has 10 aromatic rings. The zero-order valence-corrected chi connectivity index (χ0v) is 29.8. The molecule has 4 nitrogen and oxygen atoms in total. The van der Waals surface area contributed by atoms with E-state index < -0.39 is 0 Å². The maximum atomic E-state index is 5.42. The Morgan fingerprint density at radius 2 is 1.37 bits per heavy atom. The summed E-state index contributed by atoms with van der Waals surface area (Å²) in [5, 5.41) is 7.11. The maximum Gasteiger partial charge on any atom is 2.00 e. The number of nitrogens with zero attached hydrogens (tertiary/aromatic N) is 4. The molecule has 5 heteroatoms. The molecule has 10 rings (SSSR count). The van der Waals surface area contributed by atoms with Crippen LogP contribution in [0, 0.1) is 33.8 Å². The normalized spacial score (nSPS) is 11.9. The predicted molar refractivity (Wildman–Crippen MR) is 199 cm³/mol. The first-order chi connectivity index (χ1) is 23.4. The molecule has 0 N–H and O–H groups in total. The number of benzene rings is 5. The van der Waals surface area contributed by atoms with Crippen molar-refractivity contribution in [2.45, 2.75) is 27.7 Å². The molecule has 0 aliphatic carbocycles. The van der Waals surface area contributed by atoms with Gasteiger partial charge >= 0.3 is 21.1 Å². The summed E-state index contributed by atoms with van der Waals surface area (Å²) < 4.78 is 2.28. The summed E-state index contributed by atoms with van der Waals surface area (Å²) in [4.78, 5) is 15.4. The van der Waals surface area contributed by atoms with E-state index in [0.717, 1.165) is 55.7 Å². The molecule has 0 saturated carbocycles. The van der Waals surface area contributed by atoms with Gasteiger partial charge in [-0.15, -0.1) is 34.8 Å². The first-order valence-electron chi connectivity index (χ1n) is 16.4. The second-order valence-electron chi connectivity index (χ2n) is 13.3. The minimum absolute atomic E-state index is 0. The third-order valence-electron chi connectivity index (χ3n) is 10.1. The van der Waals surface area contributed by atoms with Gasteiger partial charge in [0.25, 0.3) is 0 Å².